The quantitative estimate of drug-likeness (QED) is 0.762. The molecule has 1 aliphatic heterocycles. The second kappa shape index (κ2) is 7.77. The van der Waals surface area contributed by atoms with Gasteiger partial charge in [0.15, 0.2) is 0 Å². The molecule has 2 aromatic rings. The number of rotatable bonds is 7. The third-order valence-electron chi connectivity index (χ3n) is 4.79. The number of piperidine rings is 1. The van der Waals surface area contributed by atoms with Gasteiger partial charge in [0.25, 0.3) is 0 Å². The number of imidazole rings is 1. The van der Waals surface area contributed by atoms with Gasteiger partial charge in [-0.15, -0.1) is 0 Å². The van der Waals surface area contributed by atoms with Crippen molar-refractivity contribution in [3.8, 4) is 0 Å². The minimum atomic E-state index is 1.11. The predicted octanol–water partition coefficient (Wildman–Crippen LogP) is 4.25. The van der Waals surface area contributed by atoms with Gasteiger partial charge in [0, 0.05) is 13.0 Å². The zero-order chi connectivity index (χ0) is 15.2. The fourth-order valence-electron chi connectivity index (χ4n) is 3.53. The Bertz CT molecular complexity index is 581. The van der Waals surface area contributed by atoms with E-state index in [4.69, 9.17) is 4.98 Å². The highest BCUT2D eigenvalue weighted by molar-refractivity contribution is 5.75. The zero-order valence-electron chi connectivity index (χ0n) is 13.9. The number of para-hydroxylation sites is 2. The van der Waals surface area contributed by atoms with Gasteiger partial charge in [-0.25, -0.2) is 4.98 Å². The number of aromatic nitrogens is 2. The molecule has 3 nitrogen and oxygen atoms in total. The van der Waals surface area contributed by atoms with Crippen molar-refractivity contribution in [3.05, 3.63) is 30.1 Å². The first-order chi connectivity index (χ1) is 10.9. The van der Waals surface area contributed by atoms with Crippen molar-refractivity contribution >= 4 is 11.0 Å². The number of nitrogens with zero attached hydrogens (tertiary/aromatic N) is 3. The topological polar surface area (TPSA) is 21.1 Å². The minimum absolute atomic E-state index is 1.11. The fourth-order valence-corrected chi connectivity index (χ4v) is 3.53. The van der Waals surface area contributed by atoms with Gasteiger partial charge in [0.05, 0.1) is 11.0 Å². The van der Waals surface area contributed by atoms with Gasteiger partial charge in [0.2, 0.25) is 0 Å². The fraction of sp³-hybridized carbons (Fsp3) is 0.632. The molecule has 1 fully saturated rings. The zero-order valence-corrected chi connectivity index (χ0v) is 13.9. The largest absolute Gasteiger partial charge is 0.328 e. The number of unbranched alkanes of at least 4 members (excludes halogenated alkanes) is 1. The third-order valence-corrected chi connectivity index (χ3v) is 4.79. The van der Waals surface area contributed by atoms with Gasteiger partial charge >= 0.3 is 0 Å². The van der Waals surface area contributed by atoms with Crippen LogP contribution in [0, 0.1) is 0 Å². The Kier molecular flexibility index (Phi) is 5.49. The van der Waals surface area contributed by atoms with E-state index in [1.165, 1.54) is 69.5 Å². The van der Waals surface area contributed by atoms with Crippen LogP contribution >= 0.6 is 0 Å². The smallest absolute Gasteiger partial charge is 0.109 e. The second-order valence-electron chi connectivity index (χ2n) is 6.53. The Hall–Kier alpha value is -1.35. The van der Waals surface area contributed by atoms with Gasteiger partial charge in [-0.1, -0.05) is 31.9 Å². The molecule has 0 radical (unpaired) electrons. The molecule has 0 aliphatic carbocycles. The molecule has 1 saturated heterocycles. The first kappa shape index (κ1) is 15.5. The molecule has 0 atom stereocenters. The highest BCUT2D eigenvalue weighted by Gasteiger charge is 2.12. The van der Waals surface area contributed by atoms with Crippen LogP contribution < -0.4 is 0 Å². The van der Waals surface area contributed by atoms with Crippen LogP contribution in [0.1, 0.15) is 51.3 Å². The van der Waals surface area contributed by atoms with Gasteiger partial charge < -0.3 is 9.47 Å². The number of hydrogen-bond acceptors (Lipinski definition) is 2. The Morgan fingerprint density at radius 3 is 2.64 bits per heavy atom. The van der Waals surface area contributed by atoms with Crippen molar-refractivity contribution in [1.82, 2.24) is 14.5 Å². The van der Waals surface area contributed by atoms with E-state index in [9.17, 15) is 0 Å². The molecule has 1 aromatic heterocycles. The molecule has 0 bridgehead atoms. The summed E-state index contributed by atoms with van der Waals surface area (Å²) in [4.78, 5) is 7.52. The summed E-state index contributed by atoms with van der Waals surface area (Å²) >= 11 is 0. The number of likely N-dealkylation sites (tertiary alicyclic amines) is 1. The molecule has 3 heteroatoms. The van der Waals surface area contributed by atoms with Crippen LogP contribution in [0.5, 0.6) is 0 Å². The molecule has 0 unspecified atom stereocenters. The average molecular weight is 299 g/mol. The Balaban J connectivity index is 1.66. The van der Waals surface area contributed by atoms with Gasteiger partial charge in [0.1, 0.15) is 5.82 Å². The highest BCUT2D eigenvalue weighted by atomic mass is 15.1. The Morgan fingerprint density at radius 1 is 1.00 bits per heavy atom. The lowest BCUT2D eigenvalue weighted by Crippen LogP contribution is -2.30. The summed E-state index contributed by atoms with van der Waals surface area (Å²) in [7, 11) is 0. The molecule has 3 rings (SSSR count). The third kappa shape index (κ3) is 3.70. The van der Waals surface area contributed by atoms with Crippen molar-refractivity contribution in [3.63, 3.8) is 0 Å². The van der Waals surface area contributed by atoms with E-state index in [1.54, 1.807) is 0 Å². The summed E-state index contributed by atoms with van der Waals surface area (Å²) in [6.07, 6.45) is 9.00. The summed E-state index contributed by atoms with van der Waals surface area (Å²) in [5, 5.41) is 0. The Labute approximate surface area is 134 Å². The van der Waals surface area contributed by atoms with Crippen molar-refractivity contribution in [2.75, 3.05) is 19.6 Å². The normalized spacial score (nSPS) is 16.4. The molecular formula is C19H29N3. The summed E-state index contributed by atoms with van der Waals surface area (Å²) in [5.74, 6) is 1.28. The van der Waals surface area contributed by atoms with E-state index in [1.807, 2.05) is 0 Å². The van der Waals surface area contributed by atoms with Crippen molar-refractivity contribution in [1.29, 1.82) is 0 Å². The molecule has 22 heavy (non-hydrogen) atoms. The molecule has 120 valence electrons. The SMILES string of the molecule is CCCCn1c(CCCN2CCCCC2)nc2ccccc21. The molecule has 1 aromatic carbocycles. The molecular weight excluding hydrogens is 270 g/mol. The van der Waals surface area contributed by atoms with E-state index in [0.29, 0.717) is 0 Å². The van der Waals surface area contributed by atoms with E-state index in [-0.39, 0.29) is 0 Å². The first-order valence-electron chi connectivity index (χ1n) is 9.05. The van der Waals surface area contributed by atoms with Crippen molar-refractivity contribution < 1.29 is 0 Å². The van der Waals surface area contributed by atoms with E-state index >= 15 is 0 Å². The molecule has 0 amide bonds. The number of hydrogen-bond donors (Lipinski definition) is 0. The lowest BCUT2D eigenvalue weighted by molar-refractivity contribution is 0.226. The van der Waals surface area contributed by atoms with Crippen LogP contribution in [0.4, 0.5) is 0 Å². The highest BCUT2D eigenvalue weighted by Crippen LogP contribution is 2.18. The maximum atomic E-state index is 4.89. The molecule has 0 spiro atoms. The lowest BCUT2D eigenvalue weighted by Gasteiger charge is -2.26. The van der Waals surface area contributed by atoms with Crippen molar-refractivity contribution in [2.24, 2.45) is 0 Å². The molecule has 1 aliphatic rings. The summed E-state index contributed by atoms with van der Waals surface area (Å²) in [6.45, 7) is 7.20. The van der Waals surface area contributed by atoms with E-state index in [0.717, 1.165) is 18.5 Å². The van der Waals surface area contributed by atoms with Crippen molar-refractivity contribution in [2.45, 2.75) is 58.4 Å². The van der Waals surface area contributed by atoms with Gasteiger partial charge in [-0.05, 0) is 57.5 Å². The molecule has 2 heterocycles. The molecule has 0 saturated carbocycles. The van der Waals surface area contributed by atoms with E-state index < -0.39 is 0 Å². The average Bonchev–Trinajstić information content (AvgIpc) is 2.91. The van der Waals surface area contributed by atoms with Crippen LogP contribution in [0.25, 0.3) is 11.0 Å². The first-order valence-corrected chi connectivity index (χ1v) is 9.05. The number of fused-ring (bicyclic) bond motifs is 1. The van der Waals surface area contributed by atoms with Crippen LogP contribution in [0.15, 0.2) is 24.3 Å². The van der Waals surface area contributed by atoms with Crippen LogP contribution in [0.3, 0.4) is 0 Å². The van der Waals surface area contributed by atoms with Gasteiger partial charge in [-0.3, -0.25) is 0 Å². The second-order valence-corrected chi connectivity index (χ2v) is 6.53. The minimum Gasteiger partial charge on any atom is -0.328 e. The summed E-state index contributed by atoms with van der Waals surface area (Å²) in [6, 6.07) is 8.58. The maximum absolute atomic E-state index is 4.89. The summed E-state index contributed by atoms with van der Waals surface area (Å²) < 4.78 is 2.45. The molecule has 0 N–H and O–H groups in total. The lowest BCUT2D eigenvalue weighted by atomic mass is 10.1. The number of aryl methyl sites for hydroxylation is 2. The predicted molar refractivity (Wildman–Crippen MR) is 93.3 cm³/mol. The monoisotopic (exact) mass is 299 g/mol. The van der Waals surface area contributed by atoms with Crippen LogP contribution in [-0.4, -0.2) is 34.1 Å². The maximum Gasteiger partial charge on any atom is 0.109 e. The van der Waals surface area contributed by atoms with E-state index in [2.05, 4.69) is 40.7 Å². The standard InChI is InChI=1S/C19H29N3/c1-2-3-16-22-18-11-6-5-10-17(18)20-19(22)12-9-15-21-13-7-4-8-14-21/h5-6,10-11H,2-4,7-9,12-16H2,1H3. The van der Waals surface area contributed by atoms with Crippen LogP contribution in [-0.2, 0) is 13.0 Å². The summed E-state index contributed by atoms with van der Waals surface area (Å²) in [5.41, 5.74) is 2.47. The van der Waals surface area contributed by atoms with Crippen LogP contribution in [0.2, 0.25) is 0 Å². The Morgan fingerprint density at radius 2 is 1.82 bits per heavy atom. The number of benzene rings is 1. The van der Waals surface area contributed by atoms with Gasteiger partial charge in [-0.2, -0.15) is 0 Å².